The fraction of sp³-hybridized carbons (Fsp3) is 0.550. The van der Waals surface area contributed by atoms with Gasteiger partial charge in [0.05, 0.1) is 19.6 Å². The first-order chi connectivity index (χ1) is 16.6. The number of nitrogens with zero attached hydrogens (tertiary/aromatic N) is 3. The van der Waals surface area contributed by atoms with Gasteiger partial charge in [0, 0.05) is 24.5 Å². The highest BCUT2D eigenvalue weighted by Gasteiger charge is 2.48. The van der Waals surface area contributed by atoms with E-state index in [-0.39, 0.29) is 19.6 Å². The van der Waals surface area contributed by atoms with E-state index >= 15 is 4.39 Å². The molecule has 3 atom stereocenters. The van der Waals surface area contributed by atoms with Crippen LogP contribution in [0.1, 0.15) is 6.92 Å². The first-order valence-electron chi connectivity index (χ1n) is 10.5. The Bertz CT molecular complexity index is 978. The molecule has 2 aliphatic rings. The maximum Gasteiger partial charge on any atom is 0.471 e. The minimum atomic E-state index is -5.04. The highest BCUT2D eigenvalue weighted by atomic mass is 35.6. The second kappa shape index (κ2) is 10.6. The van der Waals surface area contributed by atoms with E-state index in [4.69, 9.17) is 39.5 Å². The second-order valence-electron chi connectivity index (χ2n) is 8.33. The molecule has 0 saturated carbocycles. The largest absolute Gasteiger partial charge is 0.471 e. The number of nitrogens with one attached hydrogen (secondary N) is 2. The van der Waals surface area contributed by atoms with E-state index in [0.29, 0.717) is 24.3 Å². The predicted molar refractivity (Wildman–Crippen MR) is 125 cm³/mol. The zero-order valence-electron chi connectivity index (χ0n) is 18.7. The van der Waals surface area contributed by atoms with Gasteiger partial charge < -0.3 is 20.3 Å². The van der Waals surface area contributed by atoms with Crippen LogP contribution in [0.4, 0.5) is 33.7 Å². The van der Waals surface area contributed by atoms with Crippen LogP contribution in [0.3, 0.4) is 0 Å². The lowest BCUT2D eigenvalue weighted by molar-refractivity contribution is -0.173. The van der Waals surface area contributed by atoms with Gasteiger partial charge in [-0.3, -0.25) is 14.5 Å². The van der Waals surface area contributed by atoms with Crippen molar-refractivity contribution in [1.29, 1.82) is 0 Å². The number of anilines is 2. The standard InChI is InChI=1S/C20H22Cl3F4N5O4/c1-18(24)10-30(6-7-32(18)15(29-11-33)19(21,22)23)12-2-4-13(5-3-12)31-9-14(36-17(31)35)8-28-16(34)20(25,26)27/h2-5,11,14-15H,6-10H2,1H3,(H,28,34)(H,29,33)/t14?,15?,18-/m1/s1. The van der Waals surface area contributed by atoms with Crippen molar-refractivity contribution < 1.29 is 36.7 Å². The van der Waals surface area contributed by atoms with Crippen molar-refractivity contribution in [3.05, 3.63) is 24.3 Å². The minimum absolute atomic E-state index is 0.0698. The lowest BCUT2D eigenvalue weighted by atomic mass is 10.1. The Kier molecular flexibility index (Phi) is 8.38. The third-order valence-electron chi connectivity index (χ3n) is 5.69. The third-order valence-corrected chi connectivity index (χ3v) is 6.31. The molecule has 9 nitrogen and oxygen atoms in total. The summed E-state index contributed by atoms with van der Waals surface area (Å²) in [6, 6.07) is 6.44. The zero-order chi connectivity index (χ0) is 26.9. The van der Waals surface area contributed by atoms with E-state index in [1.165, 1.54) is 16.7 Å². The van der Waals surface area contributed by atoms with Crippen LogP contribution >= 0.6 is 34.8 Å². The molecule has 2 unspecified atom stereocenters. The van der Waals surface area contributed by atoms with Crippen molar-refractivity contribution in [2.24, 2.45) is 0 Å². The van der Waals surface area contributed by atoms with Gasteiger partial charge in [-0.15, -0.1) is 0 Å². The number of hydrogen-bond acceptors (Lipinski definition) is 6. The summed E-state index contributed by atoms with van der Waals surface area (Å²) in [4.78, 5) is 38.3. The zero-order valence-corrected chi connectivity index (χ0v) is 21.0. The number of benzene rings is 1. The van der Waals surface area contributed by atoms with Crippen molar-refractivity contribution >= 4 is 64.6 Å². The molecule has 3 rings (SSSR count). The van der Waals surface area contributed by atoms with Crippen molar-refractivity contribution in [2.45, 2.75) is 35.0 Å². The van der Waals surface area contributed by atoms with Crippen LogP contribution in [0, 0.1) is 0 Å². The number of rotatable bonds is 7. The number of hydrogen-bond donors (Lipinski definition) is 2. The second-order valence-corrected chi connectivity index (χ2v) is 10.7. The van der Waals surface area contributed by atoms with Gasteiger partial charge in [-0.1, -0.05) is 34.8 Å². The van der Waals surface area contributed by atoms with E-state index in [9.17, 15) is 27.6 Å². The summed E-state index contributed by atoms with van der Waals surface area (Å²) in [7, 11) is 0. The van der Waals surface area contributed by atoms with Gasteiger partial charge in [0.1, 0.15) is 12.3 Å². The van der Waals surface area contributed by atoms with Crippen LogP contribution in [-0.4, -0.2) is 84.1 Å². The van der Waals surface area contributed by atoms with Gasteiger partial charge in [0.25, 0.3) is 0 Å². The number of piperazine rings is 1. The fourth-order valence-electron chi connectivity index (χ4n) is 4.01. The smallest absolute Gasteiger partial charge is 0.442 e. The first-order valence-corrected chi connectivity index (χ1v) is 11.7. The molecule has 0 radical (unpaired) electrons. The summed E-state index contributed by atoms with van der Waals surface area (Å²) in [6.45, 7) is 1.03. The summed E-state index contributed by atoms with van der Waals surface area (Å²) in [5.41, 5.74) is 1.03. The molecule has 1 aromatic carbocycles. The maximum atomic E-state index is 15.6. The monoisotopic (exact) mass is 577 g/mol. The van der Waals surface area contributed by atoms with Crippen LogP contribution in [0.2, 0.25) is 0 Å². The summed E-state index contributed by atoms with van der Waals surface area (Å²) in [5.74, 6) is -4.11. The molecule has 2 heterocycles. The summed E-state index contributed by atoms with van der Waals surface area (Å²) in [5, 5.41) is 4.02. The quantitative estimate of drug-likeness (QED) is 0.224. The first kappa shape index (κ1) is 28.4. The molecule has 2 aliphatic heterocycles. The molecule has 16 heteroatoms. The number of carbonyl (C=O) groups is 3. The number of alkyl halides is 7. The SMILES string of the molecule is C[C@]1(F)CN(c2ccc(N3CC(CNC(=O)C(F)(F)F)OC3=O)cc2)CCN1C(NC=O)C(Cl)(Cl)Cl. The van der Waals surface area contributed by atoms with Crippen LogP contribution in [0.15, 0.2) is 24.3 Å². The molecule has 2 saturated heterocycles. The minimum Gasteiger partial charge on any atom is -0.442 e. The van der Waals surface area contributed by atoms with Crippen LogP contribution < -0.4 is 20.4 Å². The van der Waals surface area contributed by atoms with Gasteiger partial charge in [0.2, 0.25) is 10.2 Å². The molecule has 0 aromatic heterocycles. The molecule has 36 heavy (non-hydrogen) atoms. The molecular formula is C20H22Cl3F4N5O4. The number of amides is 3. The Labute approximate surface area is 218 Å². The van der Waals surface area contributed by atoms with Crippen LogP contribution in [0.25, 0.3) is 0 Å². The Morgan fingerprint density at radius 1 is 1.22 bits per heavy atom. The van der Waals surface area contributed by atoms with E-state index in [1.807, 2.05) is 0 Å². The lowest BCUT2D eigenvalue weighted by Crippen LogP contribution is -2.67. The van der Waals surface area contributed by atoms with Crippen molar-refractivity contribution in [3.63, 3.8) is 0 Å². The molecule has 0 aliphatic carbocycles. The topological polar surface area (TPSA) is 94.2 Å². The molecule has 2 fully saturated rings. The highest BCUT2D eigenvalue weighted by Crippen LogP contribution is 2.38. The van der Waals surface area contributed by atoms with E-state index in [0.717, 1.165) is 0 Å². The number of cyclic esters (lactones) is 1. The van der Waals surface area contributed by atoms with Crippen molar-refractivity contribution in [2.75, 3.05) is 42.5 Å². The van der Waals surface area contributed by atoms with Crippen molar-refractivity contribution in [3.8, 4) is 0 Å². The Morgan fingerprint density at radius 2 is 1.83 bits per heavy atom. The maximum absolute atomic E-state index is 15.6. The molecular weight excluding hydrogens is 557 g/mol. The summed E-state index contributed by atoms with van der Waals surface area (Å²) < 4.78 is 55.6. The number of carbonyl (C=O) groups excluding carboxylic acids is 3. The number of halogens is 7. The average molecular weight is 579 g/mol. The lowest BCUT2D eigenvalue weighted by Gasteiger charge is -2.49. The fourth-order valence-corrected chi connectivity index (χ4v) is 4.56. The predicted octanol–water partition coefficient (Wildman–Crippen LogP) is 2.94. The Balaban J connectivity index is 1.63. The molecule has 0 spiro atoms. The Morgan fingerprint density at radius 3 is 2.36 bits per heavy atom. The molecule has 3 amide bonds. The molecule has 200 valence electrons. The molecule has 0 bridgehead atoms. The van der Waals surface area contributed by atoms with Crippen LogP contribution in [-0.2, 0) is 14.3 Å². The highest BCUT2D eigenvalue weighted by molar-refractivity contribution is 6.68. The average Bonchev–Trinajstić information content (AvgIpc) is 3.14. The Hall–Kier alpha value is -2.22. The van der Waals surface area contributed by atoms with Gasteiger partial charge in [-0.2, -0.15) is 13.2 Å². The summed E-state index contributed by atoms with van der Waals surface area (Å²) in [6.07, 6.45) is -7.65. The van der Waals surface area contributed by atoms with E-state index in [1.54, 1.807) is 34.5 Å². The number of ether oxygens (including phenoxy) is 1. The van der Waals surface area contributed by atoms with E-state index < -0.39 is 46.6 Å². The van der Waals surface area contributed by atoms with Crippen molar-refractivity contribution in [1.82, 2.24) is 15.5 Å². The molecule has 1 aromatic rings. The molecule has 2 N–H and O–H groups in total. The third kappa shape index (κ3) is 6.55. The van der Waals surface area contributed by atoms with Gasteiger partial charge in [0.15, 0.2) is 5.79 Å². The van der Waals surface area contributed by atoms with Crippen LogP contribution in [0.5, 0.6) is 0 Å². The van der Waals surface area contributed by atoms with E-state index in [2.05, 4.69) is 5.32 Å². The normalized spacial score (nSPS) is 24.3. The van der Waals surface area contributed by atoms with Gasteiger partial charge >= 0.3 is 18.2 Å². The summed E-state index contributed by atoms with van der Waals surface area (Å²) >= 11 is 17.8. The van der Waals surface area contributed by atoms with Gasteiger partial charge in [-0.05, 0) is 31.2 Å². The van der Waals surface area contributed by atoms with Gasteiger partial charge in [-0.25, -0.2) is 14.1 Å².